The van der Waals surface area contributed by atoms with E-state index in [9.17, 15) is 4.79 Å². The van der Waals surface area contributed by atoms with E-state index in [1.54, 1.807) is 17.8 Å². The van der Waals surface area contributed by atoms with E-state index < -0.39 is 0 Å². The van der Waals surface area contributed by atoms with Crippen LogP contribution in [0.3, 0.4) is 0 Å². The van der Waals surface area contributed by atoms with Gasteiger partial charge in [-0.05, 0) is 19.1 Å². The number of hydrogen-bond acceptors (Lipinski definition) is 4. The average Bonchev–Trinajstić information content (AvgIpc) is 2.46. The number of thioether (sulfide) groups is 2. The molecule has 3 nitrogen and oxygen atoms in total. The third-order valence-corrected chi connectivity index (χ3v) is 4.61. The summed E-state index contributed by atoms with van der Waals surface area (Å²) in [5, 5.41) is 11.7. The van der Waals surface area contributed by atoms with Crippen molar-refractivity contribution in [1.82, 2.24) is 0 Å². The van der Waals surface area contributed by atoms with E-state index in [0.29, 0.717) is 11.5 Å². The van der Waals surface area contributed by atoms with Crippen molar-refractivity contribution < 1.29 is 4.79 Å². The Morgan fingerprint density at radius 2 is 2.30 bits per heavy atom. The Labute approximate surface area is 128 Å². The first kappa shape index (κ1) is 16.7. The van der Waals surface area contributed by atoms with Crippen molar-refractivity contribution in [3.8, 4) is 6.07 Å². The minimum atomic E-state index is -0.0155. The summed E-state index contributed by atoms with van der Waals surface area (Å²) in [5.74, 6) is 1.88. The van der Waals surface area contributed by atoms with Gasteiger partial charge in [-0.25, -0.2) is 0 Å². The summed E-state index contributed by atoms with van der Waals surface area (Å²) in [6.07, 6.45) is 1.78. The second-order valence-electron chi connectivity index (χ2n) is 4.19. The zero-order valence-electron chi connectivity index (χ0n) is 11.5. The number of carbonyl (C=O) groups excluding carboxylic acids is 1. The SMILES string of the molecule is C=CCSCC(=O)Nc1ccccc1SCC(C)C#N. The third kappa shape index (κ3) is 6.18. The molecule has 1 atom stereocenters. The van der Waals surface area contributed by atoms with Crippen LogP contribution in [0.2, 0.25) is 0 Å². The predicted octanol–water partition coefficient (Wildman–Crippen LogP) is 3.80. The Kier molecular flexibility index (Phi) is 7.93. The maximum absolute atomic E-state index is 11.8. The number of hydrogen-bond donors (Lipinski definition) is 1. The Bertz CT molecular complexity index is 497. The number of nitrogens with zero attached hydrogens (tertiary/aromatic N) is 1. The zero-order valence-corrected chi connectivity index (χ0v) is 13.1. The fourth-order valence-electron chi connectivity index (χ4n) is 1.37. The van der Waals surface area contributed by atoms with Crippen LogP contribution in [0.4, 0.5) is 5.69 Å². The van der Waals surface area contributed by atoms with Gasteiger partial charge >= 0.3 is 0 Å². The molecule has 0 spiro atoms. The van der Waals surface area contributed by atoms with E-state index in [1.807, 2.05) is 31.2 Å². The molecule has 5 heteroatoms. The van der Waals surface area contributed by atoms with Crippen molar-refractivity contribution in [3.05, 3.63) is 36.9 Å². The standard InChI is InChI=1S/C15H18N2OS2/c1-3-8-19-11-15(18)17-13-6-4-5-7-14(13)20-10-12(2)9-16/h3-7,12H,1,8,10-11H2,2H3,(H,17,18). The first-order valence-electron chi connectivity index (χ1n) is 6.27. The van der Waals surface area contributed by atoms with Gasteiger partial charge in [-0.1, -0.05) is 18.2 Å². The minimum absolute atomic E-state index is 0.00750. The van der Waals surface area contributed by atoms with Crippen molar-refractivity contribution in [2.75, 3.05) is 22.6 Å². The quantitative estimate of drug-likeness (QED) is 0.451. The predicted molar refractivity (Wildman–Crippen MR) is 88.1 cm³/mol. The number of nitrogens with one attached hydrogen (secondary N) is 1. The highest BCUT2D eigenvalue weighted by atomic mass is 32.2. The van der Waals surface area contributed by atoms with E-state index in [4.69, 9.17) is 5.26 Å². The van der Waals surface area contributed by atoms with E-state index in [0.717, 1.165) is 16.3 Å². The fraction of sp³-hybridized carbons (Fsp3) is 0.333. The Balaban J connectivity index is 2.58. The van der Waals surface area contributed by atoms with Gasteiger partial charge in [-0.15, -0.1) is 30.1 Å². The second kappa shape index (κ2) is 9.51. The average molecular weight is 306 g/mol. The lowest BCUT2D eigenvalue weighted by Crippen LogP contribution is -2.14. The summed E-state index contributed by atoms with van der Waals surface area (Å²) in [4.78, 5) is 12.8. The molecule has 0 aromatic heterocycles. The molecule has 0 aliphatic rings. The number of rotatable bonds is 8. The highest BCUT2D eigenvalue weighted by Gasteiger charge is 2.08. The molecule has 0 radical (unpaired) electrons. The number of para-hydroxylation sites is 1. The van der Waals surface area contributed by atoms with Crippen LogP contribution in [0.1, 0.15) is 6.92 Å². The smallest absolute Gasteiger partial charge is 0.234 e. The molecule has 1 N–H and O–H groups in total. The molecule has 1 aromatic carbocycles. The highest BCUT2D eigenvalue weighted by molar-refractivity contribution is 8.00. The summed E-state index contributed by atoms with van der Waals surface area (Å²) >= 11 is 3.12. The summed E-state index contributed by atoms with van der Waals surface area (Å²) in [7, 11) is 0. The molecule has 1 rings (SSSR count). The maximum Gasteiger partial charge on any atom is 0.234 e. The molecule has 0 fully saturated rings. The van der Waals surface area contributed by atoms with Crippen LogP contribution in [0, 0.1) is 17.2 Å². The van der Waals surface area contributed by atoms with Gasteiger partial charge in [-0.3, -0.25) is 4.79 Å². The molecule has 0 saturated heterocycles. The third-order valence-electron chi connectivity index (χ3n) is 2.34. The topological polar surface area (TPSA) is 52.9 Å². The molecule has 0 aliphatic heterocycles. The van der Waals surface area contributed by atoms with Gasteiger partial charge < -0.3 is 5.32 Å². The van der Waals surface area contributed by atoms with Gasteiger partial charge in [0.05, 0.1) is 23.4 Å². The van der Waals surface area contributed by atoms with Gasteiger partial charge in [0.2, 0.25) is 5.91 Å². The summed E-state index contributed by atoms with van der Waals surface area (Å²) in [5.41, 5.74) is 0.812. The lowest BCUT2D eigenvalue weighted by molar-refractivity contribution is -0.113. The second-order valence-corrected chi connectivity index (χ2v) is 6.28. The van der Waals surface area contributed by atoms with Crippen LogP contribution in [0.5, 0.6) is 0 Å². The summed E-state index contributed by atoms with van der Waals surface area (Å²) < 4.78 is 0. The lowest BCUT2D eigenvalue weighted by atomic mass is 10.3. The number of benzene rings is 1. The highest BCUT2D eigenvalue weighted by Crippen LogP contribution is 2.28. The molecule has 1 amide bonds. The number of nitriles is 1. The first-order valence-corrected chi connectivity index (χ1v) is 8.41. The molecule has 1 aromatic rings. The van der Waals surface area contributed by atoms with E-state index in [2.05, 4.69) is 18.0 Å². The first-order chi connectivity index (χ1) is 9.67. The number of anilines is 1. The van der Waals surface area contributed by atoms with Crippen molar-refractivity contribution in [3.63, 3.8) is 0 Å². The molecule has 106 valence electrons. The summed E-state index contributed by atoms with van der Waals surface area (Å²) in [6.45, 7) is 5.51. The molecule has 20 heavy (non-hydrogen) atoms. The Morgan fingerprint density at radius 3 is 3.00 bits per heavy atom. The summed E-state index contributed by atoms with van der Waals surface area (Å²) in [6, 6.07) is 9.88. The fourth-order valence-corrected chi connectivity index (χ4v) is 2.86. The lowest BCUT2D eigenvalue weighted by Gasteiger charge is -2.11. The maximum atomic E-state index is 11.8. The minimum Gasteiger partial charge on any atom is -0.324 e. The molecule has 0 aliphatic carbocycles. The number of amides is 1. The molecule has 1 unspecified atom stereocenters. The van der Waals surface area contributed by atoms with E-state index >= 15 is 0 Å². The van der Waals surface area contributed by atoms with Gasteiger partial charge in [0.15, 0.2) is 0 Å². The van der Waals surface area contributed by atoms with Gasteiger partial charge in [-0.2, -0.15) is 5.26 Å². The van der Waals surface area contributed by atoms with Crippen LogP contribution in [0.25, 0.3) is 0 Å². The number of carbonyl (C=O) groups is 1. The van der Waals surface area contributed by atoms with Crippen LogP contribution in [0.15, 0.2) is 41.8 Å². The van der Waals surface area contributed by atoms with Crippen LogP contribution >= 0.6 is 23.5 Å². The van der Waals surface area contributed by atoms with Crippen molar-refractivity contribution >= 4 is 35.1 Å². The van der Waals surface area contributed by atoms with Gasteiger partial charge in [0.25, 0.3) is 0 Å². The monoisotopic (exact) mass is 306 g/mol. The van der Waals surface area contributed by atoms with Crippen LogP contribution in [-0.2, 0) is 4.79 Å². The molecular weight excluding hydrogens is 288 g/mol. The molecule has 0 heterocycles. The zero-order chi connectivity index (χ0) is 14.8. The Morgan fingerprint density at radius 1 is 1.55 bits per heavy atom. The largest absolute Gasteiger partial charge is 0.324 e. The Hall–Kier alpha value is -1.38. The van der Waals surface area contributed by atoms with Crippen LogP contribution < -0.4 is 5.32 Å². The van der Waals surface area contributed by atoms with Crippen molar-refractivity contribution in [2.45, 2.75) is 11.8 Å². The van der Waals surface area contributed by atoms with E-state index in [-0.39, 0.29) is 11.8 Å². The van der Waals surface area contributed by atoms with Crippen molar-refractivity contribution in [2.24, 2.45) is 5.92 Å². The molecule has 0 saturated carbocycles. The molecule has 0 bridgehead atoms. The normalized spacial score (nSPS) is 11.4. The van der Waals surface area contributed by atoms with Crippen LogP contribution in [-0.4, -0.2) is 23.2 Å². The van der Waals surface area contributed by atoms with E-state index in [1.165, 1.54) is 11.8 Å². The van der Waals surface area contributed by atoms with Crippen molar-refractivity contribution in [1.29, 1.82) is 5.26 Å². The van der Waals surface area contributed by atoms with Gasteiger partial charge in [0, 0.05) is 16.4 Å². The van der Waals surface area contributed by atoms with Gasteiger partial charge in [0.1, 0.15) is 0 Å². The molecular formula is C15H18N2OS2.